The van der Waals surface area contributed by atoms with Gasteiger partial charge in [-0.25, -0.2) is 0 Å². The second kappa shape index (κ2) is 2.43. The normalized spacial score (nSPS) is 9.80. The van der Waals surface area contributed by atoms with Crippen LogP contribution in [0.3, 0.4) is 0 Å². The van der Waals surface area contributed by atoms with Crippen molar-refractivity contribution in [3.63, 3.8) is 0 Å². The molecule has 0 saturated heterocycles. The number of aromatic nitrogens is 2. The van der Waals surface area contributed by atoms with Crippen LogP contribution in [0, 0.1) is 10.1 Å². The molecule has 54 valence electrons. The summed E-state index contributed by atoms with van der Waals surface area (Å²) in [7, 11) is 0. The SMILES string of the molecule is O=[N+]([O-])c1c(Cl)n[nH]c1Cl. The lowest BCUT2D eigenvalue weighted by molar-refractivity contribution is -0.384. The van der Waals surface area contributed by atoms with Crippen LogP contribution in [0.1, 0.15) is 0 Å². The van der Waals surface area contributed by atoms with Crippen molar-refractivity contribution in [3.8, 4) is 0 Å². The van der Waals surface area contributed by atoms with E-state index in [0.29, 0.717) is 0 Å². The molecule has 1 N–H and O–H groups in total. The van der Waals surface area contributed by atoms with E-state index in [4.69, 9.17) is 23.2 Å². The number of halogens is 2. The predicted octanol–water partition coefficient (Wildman–Crippen LogP) is 1.62. The molecule has 0 radical (unpaired) electrons. The summed E-state index contributed by atoms with van der Waals surface area (Å²) in [5.41, 5.74) is -0.386. The van der Waals surface area contributed by atoms with Crippen molar-refractivity contribution in [3.05, 3.63) is 20.4 Å². The van der Waals surface area contributed by atoms with Crippen LogP contribution in [-0.4, -0.2) is 15.1 Å². The zero-order valence-corrected chi connectivity index (χ0v) is 5.98. The molecule has 0 fully saturated rings. The van der Waals surface area contributed by atoms with Gasteiger partial charge in [0.05, 0.1) is 4.92 Å². The second-order valence-electron chi connectivity index (χ2n) is 1.43. The van der Waals surface area contributed by atoms with Gasteiger partial charge in [0.2, 0.25) is 10.3 Å². The standard InChI is InChI=1S/C3HCl2N3O2/c4-2-1(8(9)10)3(5)7-6-2/h(H,6,7). The fraction of sp³-hybridized carbons (Fsp3) is 0. The fourth-order valence-electron chi connectivity index (χ4n) is 0.450. The molecular weight excluding hydrogens is 181 g/mol. The van der Waals surface area contributed by atoms with Crippen LogP contribution < -0.4 is 0 Å². The zero-order chi connectivity index (χ0) is 7.72. The number of nitro groups is 1. The number of hydrogen-bond donors (Lipinski definition) is 1. The summed E-state index contributed by atoms with van der Waals surface area (Å²) < 4.78 is 0. The van der Waals surface area contributed by atoms with Crippen LogP contribution >= 0.6 is 23.2 Å². The Morgan fingerprint density at radius 2 is 2.20 bits per heavy atom. The lowest BCUT2D eigenvalue weighted by atomic mass is 10.6. The Morgan fingerprint density at radius 3 is 2.40 bits per heavy atom. The maximum absolute atomic E-state index is 10.1. The molecule has 0 amide bonds. The molecular formula is C3HCl2N3O2. The highest BCUT2D eigenvalue weighted by atomic mass is 35.5. The van der Waals surface area contributed by atoms with Gasteiger partial charge in [-0.05, 0) is 0 Å². The minimum absolute atomic E-state index is 0.157. The van der Waals surface area contributed by atoms with E-state index in [-0.39, 0.29) is 16.0 Å². The molecule has 1 rings (SSSR count). The highest BCUT2D eigenvalue weighted by molar-refractivity contribution is 6.36. The summed E-state index contributed by atoms with van der Waals surface area (Å²) in [4.78, 5) is 9.38. The van der Waals surface area contributed by atoms with E-state index in [0.717, 1.165) is 0 Å². The quantitative estimate of drug-likeness (QED) is 0.529. The predicted molar refractivity (Wildman–Crippen MR) is 35.3 cm³/mol. The Kier molecular flexibility index (Phi) is 1.78. The molecule has 0 saturated carbocycles. The molecule has 0 aliphatic carbocycles. The summed E-state index contributed by atoms with van der Waals surface area (Å²) >= 11 is 10.6. The average Bonchev–Trinajstić information content (AvgIpc) is 2.11. The molecule has 7 heteroatoms. The highest BCUT2D eigenvalue weighted by Gasteiger charge is 2.20. The molecule has 1 aromatic rings. The van der Waals surface area contributed by atoms with E-state index < -0.39 is 4.92 Å². The first-order valence-electron chi connectivity index (χ1n) is 2.16. The Labute approximate surface area is 65.1 Å². The lowest BCUT2D eigenvalue weighted by Crippen LogP contribution is -1.86. The van der Waals surface area contributed by atoms with E-state index in [1.807, 2.05) is 0 Å². The van der Waals surface area contributed by atoms with Gasteiger partial charge >= 0.3 is 5.69 Å². The van der Waals surface area contributed by atoms with E-state index >= 15 is 0 Å². The van der Waals surface area contributed by atoms with Crippen molar-refractivity contribution in [2.45, 2.75) is 0 Å². The first-order chi connectivity index (χ1) is 4.63. The molecule has 5 nitrogen and oxygen atoms in total. The third-order valence-corrected chi connectivity index (χ3v) is 1.37. The zero-order valence-electron chi connectivity index (χ0n) is 4.47. The van der Waals surface area contributed by atoms with Crippen molar-refractivity contribution < 1.29 is 4.92 Å². The molecule has 0 spiro atoms. The molecule has 1 aromatic heterocycles. The number of H-pyrrole nitrogens is 1. The van der Waals surface area contributed by atoms with Gasteiger partial charge in [0.1, 0.15) is 0 Å². The van der Waals surface area contributed by atoms with Crippen LogP contribution in [0.15, 0.2) is 0 Å². The van der Waals surface area contributed by atoms with Crippen molar-refractivity contribution in [2.24, 2.45) is 0 Å². The largest absolute Gasteiger partial charge is 0.344 e. The first-order valence-corrected chi connectivity index (χ1v) is 2.92. The van der Waals surface area contributed by atoms with E-state index in [2.05, 4.69) is 10.2 Å². The van der Waals surface area contributed by atoms with Gasteiger partial charge < -0.3 is 0 Å². The van der Waals surface area contributed by atoms with Crippen LogP contribution in [0.4, 0.5) is 5.69 Å². The topological polar surface area (TPSA) is 71.8 Å². The monoisotopic (exact) mass is 181 g/mol. The molecule has 0 bridgehead atoms. The van der Waals surface area contributed by atoms with E-state index in [1.54, 1.807) is 0 Å². The third kappa shape index (κ3) is 1.05. The van der Waals surface area contributed by atoms with Gasteiger partial charge in [0, 0.05) is 0 Å². The van der Waals surface area contributed by atoms with Crippen molar-refractivity contribution in [1.82, 2.24) is 10.2 Å². The Morgan fingerprint density at radius 1 is 1.60 bits per heavy atom. The maximum atomic E-state index is 10.1. The molecule has 0 aromatic carbocycles. The minimum atomic E-state index is -0.700. The Balaban J connectivity index is 3.23. The number of nitrogens with zero attached hydrogens (tertiary/aromatic N) is 2. The smallest absolute Gasteiger partial charge is 0.260 e. The molecule has 10 heavy (non-hydrogen) atoms. The van der Waals surface area contributed by atoms with Crippen LogP contribution in [0.25, 0.3) is 0 Å². The minimum Gasteiger partial charge on any atom is -0.260 e. The summed E-state index contributed by atoms with van der Waals surface area (Å²) in [5.74, 6) is 0. The second-order valence-corrected chi connectivity index (χ2v) is 2.17. The van der Waals surface area contributed by atoms with Gasteiger partial charge in [-0.1, -0.05) is 23.2 Å². The van der Waals surface area contributed by atoms with Crippen LogP contribution in [0.5, 0.6) is 0 Å². The molecule has 0 aliphatic rings. The summed E-state index contributed by atoms with van der Waals surface area (Å²) in [5, 5.41) is 15.2. The van der Waals surface area contributed by atoms with Crippen molar-refractivity contribution in [2.75, 3.05) is 0 Å². The summed E-state index contributed by atoms with van der Waals surface area (Å²) in [6.45, 7) is 0. The Hall–Kier alpha value is -0.810. The van der Waals surface area contributed by atoms with Crippen LogP contribution in [0.2, 0.25) is 10.3 Å². The number of aromatic amines is 1. The van der Waals surface area contributed by atoms with E-state index in [1.165, 1.54) is 0 Å². The fourth-order valence-corrected chi connectivity index (χ4v) is 0.905. The van der Waals surface area contributed by atoms with Gasteiger partial charge in [-0.3, -0.25) is 15.2 Å². The van der Waals surface area contributed by atoms with Crippen molar-refractivity contribution in [1.29, 1.82) is 0 Å². The number of rotatable bonds is 1. The Bertz CT molecular complexity index is 251. The molecule has 0 atom stereocenters. The molecule has 1 heterocycles. The van der Waals surface area contributed by atoms with Gasteiger partial charge in [0.15, 0.2) is 0 Å². The van der Waals surface area contributed by atoms with Gasteiger partial charge in [-0.15, -0.1) is 0 Å². The third-order valence-electron chi connectivity index (χ3n) is 0.838. The van der Waals surface area contributed by atoms with Gasteiger partial charge in [-0.2, -0.15) is 5.10 Å². The average molecular weight is 182 g/mol. The first kappa shape index (κ1) is 7.30. The summed E-state index contributed by atoms with van der Waals surface area (Å²) in [6, 6.07) is 0. The van der Waals surface area contributed by atoms with Crippen LogP contribution in [-0.2, 0) is 0 Å². The highest BCUT2D eigenvalue weighted by Crippen LogP contribution is 2.28. The van der Waals surface area contributed by atoms with Crippen molar-refractivity contribution >= 4 is 28.9 Å². The van der Waals surface area contributed by atoms with Gasteiger partial charge in [0.25, 0.3) is 0 Å². The maximum Gasteiger partial charge on any atom is 0.344 e. The number of nitrogens with one attached hydrogen (secondary N) is 1. The van der Waals surface area contributed by atoms with E-state index in [9.17, 15) is 10.1 Å². The number of hydrogen-bond acceptors (Lipinski definition) is 3. The lowest BCUT2D eigenvalue weighted by Gasteiger charge is -1.83. The summed E-state index contributed by atoms with van der Waals surface area (Å²) in [6.07, 6.45) is 0. The molecule has 0 aliphatic heterocycles. The molecule has 0 unspecified atom stereocenters.